The van der Waals surface area contributed by atoms with Gasteiger partial charge in [-0.3, -0.25) is 4.90 Å². The van der Waals surface area contributed by atoms with Crippen LogP contribution in [0.5, 0.6) is 0 Å². The first-order chi connectivity index (χ1) is 7.65. The second kappa shape index (κ2) is 4.93. The second-order valence-corrected chi connectivity index (χ2v) is 4.73. The number of hydrogen-bond acceptors (Lipinski definition) is 2. The summed E-state index contributed by atoms with van der Waals surface area (Å²) >= 11 is 0. The Balaban J connectivity index is 1.94. The van der Waals surface area contributed by atoms with Crippen molar-refractivity contribution in [2.45, 2.75) is 31.8 Å². The SMILES string of the molecule is CC(Cc1cccc(F)c1)N1CCC(N)C1. The number of nitrogens with zero attached hydrogens (tertiary/aromatic N) is 1. The van der Waals surface area contributed by atoms with Crippen molar-refractivity contribution in [2.75, 3.05) is 13.1 Å². The molecule has 1 aromatic carbocycles. The van der Waals surface area contributed by atoms with Crippen LogP contribution in [0.1, 0.15) is 18.9 Å². The van der Waals surface area contributed by atoms with Crippen LogP contribution in [0.4, 0.5) is 4.39 Å². The van der Waals surface area contributed by atoms with Crippen molar-refractivity contribution < 1.29 is 4.39 Å². The molecule has 3 heteroatoms. The number of hydrogen-bond donors (Lipinski definition) is 1. The molecule has 1 aliphatic rings. The minimum Gasteiger partial charge on any atom is -0.326 e. The average molecular weight is 222 g/mol. The maximum Gasteiger partial charge on any atom is 0.123 e. The summed E-state index contributed by atoms with van der Waals surface area (Å²) < 4.78 is 13.0. The lowest BCUT2D eigenvalue weighted by Gasteiger charge is -2.24. The van der Waals surface area contributed by atoms with Crippen molar-refractivity contribution in [1.29, 1.82) is 0 Å². The Kier molecular flexibility index (Phi) is 3.56. The van der Waals surface area contributed by atoms with Crippen molar-refractivity contribution in [1.82, 2.24) is 4.90 Å². The molecule has 0 bridgehead atoms. The first-order valence-electron chi connectivity index (χ1n) is 5.89. The normalized spacial score (nSPS) is 23.6. The van der Waals surface area contributed by atoms with E-state index in [9.17, 15) is 4.39 Å². The fraction of sp³-hybridized carbons (Fsp3) is 0.538. The largest absolute Gasteiger partial charge is 0.326 e. The van der Waals surface area contributed by atoms with Gasteiger partial charge in [0.05, 0.1) is 0 Å². The quantitative estimate of drug-likeness (QED) is 0.845. The molecule has 0 aromatic heterocycles. The number of halogens is 1. The molecule has 2 atom stereocenters. The predicted octanol–water partition coefficient (Wildman–Crippen LogP) is 1.79. The first kappa shape index (κ1) is 11.6. The number of benzene rings is 1. The fourth-order valence-electron chi connectivity index (χ4n) is 2.35. The molecule has 0 aliphatic carbocycles. The lowest BCUT2D eigenvalue weighted by molar-refractivity contribution is 0.254. The van der Waals surface area contributed by atoms with Gasteiger partial charge in [-0.05, 0) is 37.5 Å². The zero-order chi connectivity index (χ0) is 11.5. The molecule has 2 rings (SSSR count). The summed E-state index contributed by atoms with van der Waals surface area (Å²) in [5.74, 6) is -0.150. The molecule has 2 nitrogen and oxygen atoms in total. The van der Waals surface area contributed by atoms with Gasteiger partial charge in [0.15, 0.2) is 0 Å². The molecule has 0 saturated carbocycles. The van der Waals surface area contributed by atoms with Crippen molar-refractivity contribution in [3.63, 3.8) is 0 Å². The third-order valence-corrected chi connectivity index (χ3v) is 3.30. The summed E-state index contributed by atoms with van der Waals surface area (Å²) in [5.41, 5.74) is 6.94. The van der Waals surface area contributed by atoms with Gasteiger partial charge in [-0.15, -0.1) is 0 Å². The standard InChI is InChI=1S/C13H19FN2/c1-10(16-6-5-13(15)9-16)7-11-3-2-4-12(14)8-11/h2-4,8,10,13H,5-7,9,15H2,1H3. The monoisotopic (exact) mass is 222 g/mol. The van der Waals surface area contributed by atoms with Crippen LogP contribution in [0, 0.1) is 5.82 Å². The highest BCUT2D eigenvalue weighted by atomic mass is 19.1. The molecule has 2 N–H and O–H groups in total. The van der Waals surface area contributed by atoms with Crippen LogP contribution in [0.15, 0.2) is 24.3 Å². The van der Waals surface area contributed by atoms with Gasteiger partial charge in [-0.25, -0.2) is 4.39 Å². The molecule has 2 unspecified atom stereocenters. The third-order valence-electron chi connectivity index (χ3n) is 3.30. The third kappa shape index (κ3) is 2.80. The Morgan fingerprint density at radius 2 is 2.38 bits per heavy atom. The first-order valence-corrected chi connectivity index (χ1v) is 5.89. The number of likely N-dealkylation sites (tertiary alicyclic amines) is 1. The van der Waals surface area contributed by atoms with E-state index in [1.807, 2.05) is 6.07 Å². The molecule has 0 amide bonds. The average Bonchev–Trinajstić information content (AvgIpc) is 2.65. The Morgan fingerprint density at radius 1 is 1.56 bits per heavy atom. The molecule has 1 aliphatic heterocycles. The molecular weight excluding hydrogens is 203 g/mol. The fourth-order valence-corrected chi connectivity index (χ4v) is 2.35. The minimum absolute atomic E-state index is 0.150. The second-order valence-electron chi connectivity index (χ2n) is 4.73. The van der Waals surface area contributed by atoms with Crippen LogP contribution < -0.4 is 5.73 Å². The van der Waals surface area contributed by atoms with E-state index in [0.29, 0.717) is 12.1 Å². The number of nitrogens with two attached hydrogens (primary N) is 1. The lowest BCUT2D eigenvalue weighted by Crippen LogP contribution is -2.34. The van der Waals surface area contributed by atoms with Gasteiger partial charge in [0.1, 0.15) is 5.82 Å². The molecule has 1 saturated heterocycles. The van der Waals surface area contributed by atoms with Gasteiger partial charge in [-0.1, -0.05) is 12.1 Å². The Bertz CT molecular complexity index is 354. The van der Waals surface area contributed by atoms with E-state index in [1.165, 1.54) is 6.07 Å². The maximum absolute atomic E-state index is 13.0. The van der Waals surface area contributed by atoms with Gasteiger partial charge in [0.2, 0.25) is 0 Å². The summed E-state index contributed by atoms with van der Waals surface area (Å²) in [4.78, 5) is 2.38. The number of rotatable bonds is 3. The van der Waals surface area contributed by atoms with Gasteiger partial charge >= 0.3 is 0 Å². The van der Waals surface area contributed by atoms with Gasteiger partial charge < -0.3 is 5.73 Å². The molecule has 1 heterocycles. The zero-order valence-electron chi connectivity index (χ0n) is 9.70. The van der Waals surface area contributed by atoms with Crippen LogP contribution >= 0.6 is 0 Å². The molecule has 0 spiro atoms. The van der Waals surface area contributed by atoms with Crippen LogP contribution in [0.25, 0.3) is 0 Å². The Morgan fingerprint density at radius 3 is 3.00 bits per heavy atom. The van der Waals surface area contributed by atoms with Crippen LogP contribution in [-0.2, 0) is 6.42 Å². The van der Waals surface area contributed by atoms with E-state index in [1.54, 1.807) is 12.1 Å². The predicted molar refractivity (Wildman–Crippen MR) is 63.7 cm³/mol. The van der Waals surface area contributed by atoms with Gasteiger partial charge in [-0.2, -0.15) is 0 Å². The minimum atomic E-state index is -0.150. The van der Waals surface area contributed by atoms with Crippen molar-refractivity contribution in [3.05, 3.63) is 35.6 Å². The Labute approximate surface area is 96.2 Å². The Hall–Kier alpha value is -0.930. The summed E-state index contributed by atoms with van der Waals surface area (Å²) in [7, 11) is 0. The highest BCUT2D eigenvalue weighted by Gasteiger charge is 2.23. The van der Waals surface area contributed by atoms with Crippen LogP contribution in [0.3, 0.4) is 0 Å². The topological polar surface area (TPSA) is 29.3 Å². The summed E-state index contributed by atoms with van der Waals surface area (Å²) in [6.45, 7) is 4.22. The van der Waals surface area contributed by atoms with Crippen molar-refractivity contribution in [3.8, 4) is 0 Å². The highest BCUT2D eigenvalue weighted by Crippen LogP contribution is 2.15. The van der Waals surface area contributed by atoms with E-state index in [0.717, 1.165) is 31.5 Å². The van der Waals surface area contributed by atoms with Crippen LogP contribution in [0.2, 0.25) is 0 Å². The molecular formula is C13H19FN2. The maximum atomic E-state index is 13.0. The molecule has 1 aromatic rings. The van der Waals surface area contributed by atoms with E-state index >= 15 is 0 Å². The van der Waals surface area contributed by atoms with E-state index in [4.69, 9.17) is 5.73 Å². The van der Waals surface area contributed by atoms with E-state index in [2.05, 4.69) is 11.8 Å². The molecule has 16 heavy (non-hydrogen) atoms. The lowest BCUT2D eigenvalue weighted by atomic mass is 10.1. The smallest absolute Gasteiger partial charge is 0.123 e. The highest BCUT2D eigenvalue weighted by molar-refractivity contribution is 5.17. The molecule has 1 fully saturated rings. The zero-order valence-corrected chi connectivity index (χ0v) is 9.70. The molecule has 88 valence electrons. The van der Waals surface area contributed by atoms with E-state index < -0.39 is 0 Å². The van der Waals surface area contributed by atoms with Crippen molar-refractivity contribution >= 4 is 0 Å². The summed E-state index contributed by atoms with van der Waals surface area (Å²) in [5, 5.41) is 0. The molecule has 0 radical (unpaired) electrons. The summed E-state index contributed by atoms with van der Waals surface area (Å²) in [6, 6.07) is 7.61. The van der Waals surface area contributed by atoms with Crippen LogP contribution in [-0.4, -0.2) is 30.1 Å². The van der Waals surface area contributed by atoms with Crippen molar-refractivity contribution in [2.24, 2.45) is 5.73 Å². The van der Waals surface area contributed by atoms with Gasteiger partial charge in [0.25, 0.3) is 0 Å². The summed E-state index contributed by atoms with van der Waals surface area (Å²) in [6.07, 6.45) is 1.97. The van der Waals surface area contributed by atoms with E-state index in [-0.39, 0.29) is 5.82 Å². The van der Waals surface area contributed by atoms with Gasteiger partial charge in [0, 0.05) is 25.2 Å².